The summed E-state index contributed by atoms with van der Waals surface area (Å²) in [7, 11) is 0. The molecule has 2 aromatic rings. The van der Waals surface area contributed by atoms with Crippen LogP contribution in [0.3, 0.4) is 0 Å². The molecule has 0 saturated carbocycles. The smallest absolute Gasteiger partial charge is 0.311 e. The summed E-state index contributed by atoms with van der Waals surface area (Å²) in [6, 6.07) is 7.33. The number of hydrogen-bond donors (Lipinski definition) is 2. The van der Waals surface area contributed by atoms with E-state index < -0.39 is 22.3 Å². The number of aromatic hydroxyl groups is 1. The molecule has 0 aliphatic heterocycles. The van der Waals surface area contributed by atoms with E-state index in [2.05, 4.69) is 42.4 Å². The Morgan fingerprint density at radius 3 is 2.54 bits per heavy atom. The van der Waals surface area contributed by atoms with Crippen molar-refractivity contribution in [3.63, 3.8) is 0 Å². The molecule has 1 amide bonds. The van der Waals surface area contributed by atoms with Crippen LogP contribution in [-0.4, -0.2) is 22.2 Å². The first-order valence-corrected chi connectivity index (χ1v) is 8.15. The van der Waals surface area contributed by atoms with E-state index >= 15 is 0 Å². The van der Waals surface area contributed by atoms with Gasteiger partial charge in [0.25, 0.3) is 5.91 Å². The highest BCUT2D eigenvalue weighted by Gasteiger charge is 2.20. The molecule has 2 N–H and O–H groups in total. The third-order valence-corrected chi connectivity index (χ3v) is 4.79. The number of amides is 1. The van der Waals surface area contributed by atoms with Crippen molar-refractivity contribution in [1.29, 1.82) is 0 Å². The van der Waals surface area contributed by atoms with Gasteiger partial charge < -0.3 is 5.11 Å². The molecule has 9 heteroatoms. The number of carbonyl (C=O) groups is 1. The van der Waals surface area contributed by atoms with E-state index in [0.717, 1.165) is 26.1 Å². The first-order valence-electron chi connectivity index (χ1n) is 6.56. The fourth-order valence-electron chi connectivity index (χ4n) is 1.83. The minimum absolute atomic E-state index is 0.229. The van der Waals surface area contributed by atoms with E-state index in [1.165, 1.54) is 18.3 Å². The maximum Gasteiger partial charge on any atom is 0.311 e. The number of para-hydroxylation sites is 1. The molecule has 0 aliphatic carbocycles. The van der Waals surface area contributed by atoms with Crippen LogP contribution >= 0.6 is 31.9 Å². The average molecular weight is 457 g/mol. The molecule has 0 spiro atoms. The average Bonchev–Trinajstić information content (AvgIpc) is 2.52. The van der Waals surface area contributed by atoms with Crippen molar-refractivity contribution < 1.29 is 14.8 Å². The van der Waals surface area contributed by atoms with Gasteiger partial charge in [-0.1, -0.05) is 37.9 Å². The van der Waals surface area contributed by atoms with E-state index in [4.69, 9.17) is 0 Å². The number of phenols is 1. The van der Waals surface area contributed by atoms with Crippen LogP contribution in [0.4, 0.5) is 5.69 Å². The summed E-state index contributed by atoms with van der Waals surface area (Å²) < 4.78 is 1.75. The Bertz CT molecular complexity index is 830. The number of nitro groups is 1. The zero-order valence-corrected chi connectivity index (χ0v) is 15.5. The van der Waals surface area contributed by atoms with Crippen LogP contribution in [0.1, 0.15) is 21.5 Å². The lowest BCUT2D eigenvalue weighted by Crippen LogP contribution is -2.18. The van der Waals surface area contributed by atoms with Crippen molar-refractivity contribution in [2.75, 3.05) is 0 Å². The highest BCUT2D eigenvalue weighted by atomic mass is 79.9. The number of rotatable bonds is 4. The van der Waals surface area contributed by atoms with Gasteiger partial charge in [0.1, 0.15) is 0 Å². The van der Waals surface area contributed by atoms with Crippen molar-refractivity contribution in [3.8, 4) is 5.75 Å². The second-order valence-electron chi connectivity index (χ2n) is 4.74. The minimum atomic E-state index is -0.767. The van der Waals surface area contributed by atoms with Crippen molar-refractivity contribution in [2.45, 2.75) is 6.92 Å². The zero-order valence-electron chi connectivity index (χ0n) is 12.3. The first kappa shape index (κ1) is 18.1. The summed E-state index contributed by atoms with van der Waals surface area (Å²) in [5, 5.41) is 24.3. The monoisotopic (exact) mass is 455 g/mol. The van der Waals surface area contributed by atoms with E-state index in [9.17, 15) is 20.0 Å². The largest absolute Gasteiger partial charge is 0.502 e. The molecular formula is C15H11Br2N3O4. The number of nitrogens with zero attached hydrogens (tertiary/aromatic N) is 2. The van der Waals surface area contributed by atoms with Crippen LogP contribution < -0.4 is 5.43 Å². The van der Waals surface area contributed by atoms with Gasteiger partial charge in [-0.3, -0.25) is 14.9 Å². The Morgan fingerprint density at radius 1 is 1.33 bits per heavy atom. The number of benzene rings is 2. The standard InChI is InChI=1S/C15H11Br2N3O4/c1-8-11(16)5-9(6-12(8)17)7-18-19-15(22)10-3-2-4-13(14(10)21)20(23)24/h2-7,21H,1H3,(H,19,22)/b18-7-. The first-order chi connectivity index (χ1) is 11.3. The van der Waals surface area contributed by atoms with Crippen LogP contribution in [-0.2, 0) is 0 Å². The molecule has 0 heterocycles. The third kappa shape index (κ3) is 3.98. The highest BCUT2D eigenvalue weighted by molar-refractivity contribution is 9.11. The quantitative estimate of drug-likeness (QED) is 0.413. The van der Waals surface area contributed by atoms with Crippen molar-refractivity contribution in [2.24, 2.45) is 5.10 Å². The topological polar surface area (TPSA) is 105 Å². The molecule has 2 aromatic carbocycles. The van der Waals surface area contributed by atoms with Crippen molar-refractivity contribution in [1.82, 2.24) is 5.43 Å². The van der Waals surface area contributed by atoms with Crippen molar-refractivity contribution >= 4 is 49.7 Å². The zero-order chi connectivity index (χ0) is 17.9. The second-order valence-corrected chi connectivity index (χ2v) is 6.45. The SMILES string of the molecule is Cc1c(Br)cc(/C=N\NC(=O)c2cccc([N+](=O)[O-])c2O)cc1Br. The molecule has 0 radical (unpaired) electrons. The van der Waals surface area contributed by atoms with Gasteiger partial charge in [-0.2, -0.15) is 5.10 Å². The summed E-state index contributed by atoms with van der Waals surface area (Å²) in [6.07, 6.45) is 1.42. The Balaban J connectivity index is 2.17. The maximum absolute atomic E-state index is 12.0. The number of nitrogens with one attached hydrogen (secondary N) is 1. The summed E-state index contributed by atoms with van der Waals surface area (Å²) in [6.45, 7) is 1.93. The molecule has 24 heavy (non-hydrogen) atoms. The molecule has 0 saturated heterocycles. The Morgan fingerprint density at radius 2 is 1.96 bits per heavy atom. The Hall–Kier alpha value is -2.26. The molecule has 0 bridgehead atoms. The summed E-state index contributed by atoms with van der Waals surface area (Å²) in [5.41, 5.74) is 3.20. The van der Waals surface area contributed by atoms with Gasteiger partial charge in [0.05, 0.1) is 16.7 Å². The lowest BCUT2D eigenvalue weighted by molar-refractivity contribution is -0.385. The number of hydrogen-bond acceptors (Lipinski definition) is 5. The molecule has 0 atom stereocenters. The Labute approximate surface area is 153 Å². The fraction of sp³-hybridized carbons (Fsp3) is 0.0667. The van der Waals surface area contributed by atoms with Gasteiger partial charge >= 0.3 is 5.69 Å². The molecular weight excluding hydrogens is 446 g/mol. The lowest BCUT2D eigenvalue weighted by atomic mass is 10.1. The maximum atomic E-state index is 12.0. The van der Waals surface area contributed by atoms with Gasteiger partial charge in [0, 0.05) is 15.0 Å². The van der Waals surface area contributed by atoms with Gasteiger partial charge in [-0.05, 0) is 36.2 Å². The van der Waals surface area contributed by atoms with Gasteiger partial charge in [-0.15, -0.1) is 0 Å². The predicted molar refractivity (Wildman–Crippen MR) is 96.4 cm³/mol. The number of halogens is 2. The second kappa shape index (κ2) is 7.54. The van der Waals surface area contributed by atoms with Crippen LogP contribution in [0.5, 0.6) is 5.75 Å². The third-order valence-electron chi connectivity index (χ3n) is 3.14. The molecule has 0 aromatic heterocycles. The number of phenolic OH excluding ortho intramolecular Hbond substituents is 1. The molecule has 0 fully saturated rings. The van der Waals surface area contributed by atoms with Gasteiger partial charge in [0.2, 0.25) is 5.75 Å². The van der Waals surface area contributed by atoms with Crippen molar-refractivity contribution in [3.05, 3.63) is 66.1 Å². The van der Waals surface area contributed by atoms with Crippen LogP contribution in [0.15, 0.2) is 44.4 Å². The predicted octanol–water partition coefficient (Wildman–Crippen LogP) is 3.90. The van der Waals surface area contributed by atoms with Gasteiger partial charge in [-0.25, -0.2) is 5.43 Å². The normalized spacial score (nSPS) is 10.8. The fourth-order valence-corrected chi connectivity index (χ4v) is 3.05. The highest BCUT2D eigenvalue weighted by Crippen LogP contribution is 2.29. The van der Waals surface area contributed by atoms with E-state index in [0.29, 0.717) is 0 Å². The number of hydrazone groups is 1. The van der Waals surface area contributed by atoms with E-state index in [-0.39, 0.29) is 5.56 Å². The number of carbonyl (C=O) groups excluding carboxylic acids is 1. The van der Waals surface area contributed by atoms with E-state index in [1.54, 1.807) is 0 Å². The summed E-state index contributed by atoms with van der Waals surface area (Å²) >= 11 is 6.82. The molecule has 2 rings (SSSR count). The van der Waals surface area contributed by atoms with E-state index in [1.807, 2.05) is 19.1 Å². The molecule has 124 valence electrons. The molecule has 0 unspecified atom stereocenters. The van der Waals surface area contributed by atoms with Crippen LogP contribution in [0, 0.1) is 17.0 Å². The Kier molecular flexibility index (Phi) is 5.68. The summed E-state index contributed by atoms with van der Waals surface area (Å²) in [5.74, 6) is -1.45. The van der Waals surface area contributed by atoms with Crippen LogP contribution in [0.25, 0.3) is 0 Å². The summed E-state index contributed by atoms with van der Waals surface area (Å²) in [4.78, 5) is 22.0. The minimum Gasteiger partial charge on any atom is -0.502 e. The molecule has 0 aliphatic rings. The number of nitro benzene ring substituents is 1. The molecule has 7 nitrogen and oxygen atoms in total. The van der Waals surface area contributed by atoms with Crippen LogP contribution in [0.2, 0.25) is 0 Å². The lowest BCUT2D eigenvalue weighted by Gasteiger charge is -2.04. The van der Waals surface area contributed by atoms with Gasteiger partial charge in [0.15, 0.2) is 0 Å².